The maximum Gasteiger partial charge on any atom is 0.352 e. The number of halogens is 3. The van der Waals surface area contributed by atoms with Crippen molar-refractivity contribution in [1.29, 1.82) is 0 Å². The molecule has 0 aliphatic rings. The lowest BCUT2D eigenvalue weighted by Crippen LogP contribution is -2.49. The molecule has 11 heavy (non-hydrogen) atoms. The smallest absolute Gasteiger partial charge is 0.352 e. The van der Waals surface area contributed by atoms with Gasteiger partial charge in [0.25, 0.3) is 5.83 Å². The molecule has 0 spiro atoms. The summed E-state index contributed by atoms with van der Waals surface area (Å²) in [7, 11) is -3.10. The molecule has 0 amide bonds. The Morgan fingerprint density at radius 3 is 2.00 bits per heavy atom. The van der Waals surface area contributed by atoms with E-state index in [0.29, 0.717) is 0 Å². The van der Waals surface area contributed by atoms with Gasteiger partial charge in [0, 0.05) is 0 Å². The third kappa shape index (κ3) is 3.63. The summed E-state index contributed by atoms with van der Waals surface area (Å²) in [5.74, 6) is -4.78. The maximum atomic E-state index is 11.7. The van der Waals surface area contributed by atoms with Gasteiger partial charge in [0.2, 0.25) is 0 Å². The molecular formula is C3BF3O4-2. The Morgan fingerprint density at radius 2 is 1.73 bits per heavy atom. The van der Waals surface area contributed by atoms with E-state index in [1.165, 1.54) is 0 Å². The van der Waals surface area contributed by atoms with E-state index in [1.54, 1.807) is 0 Å². The lowest BCUT2D eigenvalue weighted by molar-refractivity contribution is -0.376. The van der Waals surface area contributed by atoms with Gasteiger partial charge in [0.05, 0.1) is 0 Å². The number of carbonyl (C=O) groups excluding carboxylic acids is 1. The number of hydrogen-bond acceptors (Lipinski definition) is 4. The summed E-state index contributed by atoms with van der Waals surface area (Å²) >= 11 is 0. The first-order valence-corrected chi connectivity index (χ1v) is 2.18. The van der Waals surface area contributed by atoms with Crippen LogP contribution in [0.5, 0.6) is 0 Å². The second-order valence-corrected chi connectivity index (χ2v) is 1.27. The van der Waals surface area contributed by atoms with Crippen LogP contribution in [0.1, 0.15) is 0 Å². The molecule has 0 fully saturated rings. The first-order chi connectivity index (χ1) is 4.95. The van der Waals surface area contributed by atoms with E-state index in [0.717, 1.165) is 0 Å². The molecule has 0 aromatic rings. The van der Waals surface area contributed by atoms with Gasteiger partial charge in [-0.25, -0.2) is 4.79 Å². The summed E-state index contributed by atoms with van der Waals surface area (Å²) in [6.07, 6.45) is -2.93. The van der Waals surface area contributed by atoms with Crippen LogP contribution >= 0.6 is 0 Å². The van der Waals surface area contributed by atoms with Crippen LogP contribution in [0, 0.1) is 0 Å². The molecule has 0 saturated carbocycles. The van der Waals surface area contributed by atoms with Gasteiger partial charge < -0.3 is 14.7 Å². The summed E-state index contributed by atoms with van der Waals surface area (Å²) < 4.78 is 36.9. The molecule has 0 rings (SSSR count). The molecule has 0 atom stereocenters. The van der Waals surface area contributed by atoms with E-state index < -0.39 is 25.2 Å². The second-order valence-electron chi connectivity index (χ2n) is 1.27. The highest BCUT2D eigenvalue weighted by atomic mass is 19.3. The highest BCUT2D eigenvalue weighted by molar-refractivity contribution is 6.32. The van der Waals surface area contributed by atoms with Gasteiger partial charge in [-0.15, -0.1) is 0 Å². The zero-order valence-electron chi connectivity index (χ0n) is 4.84. The number of rotatable bonds is 2. The lowest BCUT2D eigenvalue weighted by atomic mass is 10.2. The van der Waals surface area contributed by atoms with Crippen molar-refractivity contribution in [3.8, 4) is 0 Å². The molecule has 8 heteroatoms. The van der Waals surface area contributed by atoms with Gasteiger partial charge in [0.15, 0.2) is 0 Å². The SMILES string of the molecule is O=C(OB([O-])[O-])C(F)=C(F)F. The molecule has 62 valence electrons. The average molecular weight is 168 g/mol. The van der Waals surface area contributed by atoms with Crippen LogP contribution in [0.4, 0.5) is 13.2 Å². The van der Waals surface area contributed by atoms with E-state index in [2.05, 4.69) is 4.65 Å². The van der Waals surface area contributed by atoms with E-state index in [9.17, 15) is 28.0 Å². The fourth-order valence-electron chi connectivity index (χ4n) is 0.216. The van der Waals surface area contributed by atoms with Crippen LogP contribution in [0.3, 0.4) is 0 Å². The Bertz CT molecular complexity index is 187. The average Bonchev–Trinajstić information content (AvgIpc) is 1.84. The molecule has 0 unspecified atom stereocenters. The molecule has 0 heterocycles. The quantitative estimate of drug-likeness (QED) is 0.364. The molecule has 0 aliphatic carbocycles. The van der Waals surface area contributed by atoms with Gasteiger partial charge in [-0.05, 0) is 0 Å². The molecule has 0 N–H and O–H groups in total. The Morgan fingerprint density at radius 1 is 1.27 bits per heavy atom. The minimum absolute atomic E-state index is 2.25. The van der Waals surface area contributed by atoms with Gasteiger partial charge in [0.1, 0.15) is 7.32 Å². The Kier molecular flexibility index (Phi) is 3.62. The molecule has 0 radical (unpaired) electrons. The third-order valence-electron chi connectivity index (χ3n) is 0.548. The summed E-state index contributed by atoms with van der Waals surface area (Å²) in [6.45, 7) is 0. The third-order valence-corrected chi connectivity index (χ3v) is 0.548. The molecule has 0 saturated heterocycles. The molecular weight excluding hydrogens is 168 g/mol. The van der Waals surface area contributed by atoms with Gasteiger partial charge >= 0.3 is 12.0 Å². The van der Waals surface area contributed by atoms with E-state index in [-0.39, 0.29) is 0 Å². The number of carbonyl (C=O) groups is 1. The van der Waals surface area contributed by atoms with Crippen molar-refractivity contribution >= 4 is 13.3 Å². The molecule has 0 aromatic heterocycles. The van der Waals surface area contributed by atoms with Crippen LogP contribution in [-0.4, -0.2) is 13.3 Å². The predicted octanol–water partition coefficient (Wildman–Crippen LogP) is -1.69. The topological polar surface area (TPSA) is 72.4 Å². The Hall–Kier alpha value is -1.02. The maximum absolute atomic E-state index is 11.7. The van der Waals surface area contributed by atoms with Crippen LogP contribution in [-0.2, 0) is 9.45 Å². The first-order valence-electron chi connectivity index (χ1n) is 2.18. The predicted molar refractivity (Wildman–Crippen MR) is 22.2 cm³/mol. The highest BCUT2D eigenvalue weighted by Crippen LogP contribution is 2.09. The monoisotopic (exact) mass is 168 g/mol. The van der Waals surface area contributed by atoms with Crippen molar-refractivity contribution in [3.63, 3.8) is 0 Å². The fourth-order valence-corrected chi connectivity index (χ4v) is 0.216. The zero-order valence-corrected chi connectivity index (χ0v) is 4.84. The summed E-state index contributed by atoms with van der Waals surface area (Å²) in [5, 5.41) is 18.9. The summed E-state index contributed by atoms with van der Waals surface area (Å²) in [4.78, 5) is 9.86. The van der Waals surface area contributed by atoms with Crippen LogP contribution < -0.4 is 10.0 Å². The van der Waals surface area contributed by atoms with Crippen molar-refractivity contribution in [2.24, 2.45) is 0 Å². The first kappa shape index (κ1) is 9.98. The van der Waals surface area contributed by atoms with Crippen molar-refractivity contribution in [1.82, 2.24) is 0 Å². The molecule has 0 bridgehead atoms. The lowest BCUT2D eigenvalue weighted by Gasteiger charge is -2.23. The van der Waals surface area contributed by atoms with Gasteiger partial charge in [-0.1, -0.05) is 0 Å². The molecule has 0 aromatic carbocycles. The highest BCUT2D eigenvalue weighted by Gasteiger charge is 2.15. The minimum Gasteiger partial charge on any atom is -0.860 e. The zero-order chi connectivity index (χ0) is 9.02. The van der Waals surface area contributed by atoms with Gasteiger partial charge in [-0.3, -0.25) is 0 Å². The standard InChI is InChI=1S/C3BF3O4/c5-1(2(6)7)3(8)11-4(9)10/q-2. The normalized spacial score (nSPS) is 8.82. The minimum atomic E-state index is -3.10. The molecule has 4 nitrogen and oxygen atoms in total. The largest absolute Gasteiger partial charge is 0.860 e. The van der Waals surface area contributed by atoms with Gasteiger partial charge in [-0.2, -0.15) is 13.2 Å². The van der Waals surface area contributed by atoms with Crippen molar-refractivity contribution < 1.29 is 32.7 Å². The van der Waals surface area contributed by atoms with Crippen molar-refractivity contribution in [2.75, 3.05) is 0 Å². The van der Waals surface area contributed by atoms with Crippen molar-refractivity contribution in [3.05, 3.63) is 11.9 Å². The van der Waals surface area contributed by atoms with Crippen LogP contribution in [0.2, 0.25) is 0 Å². The molecule has 0 aliphatic heterocycles. The Labute approximate surface area is 59.1 Å². The van der Waals surface area contributed by atoms with Crippen LogP contribution in [0.25, 0.3) is 0 Å². The second kappa shape index (κ2) is 3.99. The Balaban J connectivity index is 4.17. The van der Waals surface area contributed by atoms with Crippen molar-refractivity contribution in [2.45, 2.75) is 0 Å². The van der Waals surface area contributed by atoms with E-state index in [4.69, 9.17) is 0 Å². The van der Waals surface area contributed by atoms with E-state index >= 15 is 0 Å². The summed E-state index contributed by atoms with van der Waals surface area (Å²) in [5.41, 5.74) is 0. The summed E-state index contributed by atoms with van der Waals surface area (Å²) in [6, 6.07) is 0. The van der Waals surface area contributed by atoms with E-state index in [1.807, 2.05) is 0 Å². The van der Waals surface area contributed by atoms with Crippen LogP contribution in [0.15, 0.2) is 11.9 Å². The fraction of sp³-hybridized carbons (Fsp3) is 0. The number of hydrogen-bond donors (Lipinski definition) is 0.